The molecular formula is C25H30F2N3O6P. The highest BCUT2D eigenvalue weighted by molar-refractivity contribution is 7.46. The van der Waals surface area contributed by atoms with Crippen molar-refractivity contribution in [1.29, 1.82) is 0 Å². The smallest absolute Gasteiger partial charge is 0.368 e. The summed E-state index contributed by atoms with van der Waals surface area (Å²) in [4.78, 5) is 46.8. The largest absolute Gasteiger partial charge is 0.469 e. The lowest BCUT2D eigenvalue weighted by atomic mass is 9.77. The molecular weight excluding hydrogens is 507 g/mol. The van der Waals surface area contributed by atoms with E-state index in [4.69, 9.17) is 9.79 Å². The van der Waals surface area contributed by atoms with Gasteiger partial charge in [-0.3, -0.25) is 9.32 Å². The Morgan fingerprint density at radius 2 is 1.89 bits per heavy atom. The van der Waals surface area contributed by atoms with Crippen molar-refractivity contribution in [3.05, 3.63) is 64.7 Å². The number of ketones is 1. The number of phosphoric acid groups is 1. The fourth-order valence-electron chi connectivity index (χ4n) is 5.10. The van der Waals surface area contributed by atoms with E-state index < -0.39 is 25.0 Å². The predicted octanol–water partition coefficient (Wildman–Crippen LogP) is 3.77. The van der Waals surface area contributed by atoms with Gasteiger partial charge in [0.25, 0.3) is 0 Å². The number of benzene rings is 2. The Bertz CT molecular complexity index is 1230. The molecule has 4 rings (SSSR count). The van der Waals surface area contributed by atoms with E-state index in [0.717, 1.165) is 0 Å². The first-order valence-corrected chi connectivity index (χ1v) is 13.6. The van der Waals surface area contributed by atoms with Crippen molar-refractivity contribution in [3.63, 3.8) is 0 Å². The molecule has 2 heterocycles. The van der Waals surface area contributed by atoms with Crippen molar-refractivity contribution in [1.82, 2.24) is 10.2 Å². The highest BCUT2D eigenvalue weighted by atomic mass is 31.2. The number of phosphoric ester groups is 1. The van der Waals surface area contributed by atoms with Crippen LogP contribution in [0.25, 0.3) is 0 Å². The zero-order valence-corrected chi connectivity index (χ0v) is 21.3. The number of aryl methyl sites for hydroxylation is 1. The minimum Gasteiger partial charge on any atom is -0.368 e. The molecule has 3 N–H and O–H groups in total. The molecule has 0 saturated carbocycles. The molecule has 2 amide bonds. The zero-order chi connectivity index (χ0) is 26.8. The molecule has 9 nitrogen and oxygen atoms in total. The Balaban J connectivity index is 1.30. The van der Waals surface area contributed by atoms with Gasteiger partial charge in [0.15, 0.2) is 5.78 Å². The number of hydrogen-bond donors (Lipinski definition) is 3. The van der Waals surface area contributed by atoms with Crippen molar-refractivity contribution < 1.29 is 37.2 Å². The second kappa shape index (κ2) is 10.9. The number of carbonyl (C=O) groups excluding carboxylic acids is 2. The molecule has 200 valence electrons. The Kier molecular flexibility index (Phi) is 7.99. The normalized spacial score (nSPS) is 17.2. The van der Waals surface area contributed by atoms with Crippen LogP contribution in [0.4, 0.5) is 19.3 Å². The summed E-state index contributed by atoms with van der Waals surface area (Å²) < 4.78 is 42.9. The van der Waals surface area contributed by atoms with Crippen molar-refractivity contribution in [2.24, 2.45) is 0 Å². The number of urea groups is 1. The van der Waals surface area contributed by atoms with Crippen LogP contribution < -0.4 is 10.2 Å². The SMILES string of the molecule is CN1c2ccc(F)cc2C(=O)CC12CCN(C(=O)NCc1ccc(F)c(CCCOP(=O)(O)O)c1)CC2. The number of halogens is 2. The average molecular weight is 538 g/mol. The maximum absolute atomic E-state index is 14.1. The second-order valence-corrected chi connectivity index (χ2v) is 10.8. The first kappa shape index (κ1) is 27.2. The molecule has 2 aliphatic rings. The molecule has 1 spiro atoms. The Morgan fingerprint density at radius 1 is 1.16 bits per heavy atom. The number of nitrogens with one attached hydrogen (secondary N) is 1. The summed E-state index contributed by atoms with van der Waals surface area (Å²) >= 11 is 0. The van der Waals surface area contributed by atoms with Crippen LogP contribution in [-0.4, -0.2) is 58.8 Å². The van der Waals surface area contributed by atoms with Gasteiger partial charge < -0.3 is 24.9 Å². The average Bonchev–Trinajstić information content (AvgIpc) is 2.85. The van der Waals surface area contributed by atoms with E-state index >= 15 is 0 Å². The molecule has 12 heteroatoms. The molecule has 0 aliphatic carbocycles. The summed E-state index contributed by atoms with van der Waals surface area (Å²) in [5.41, 5.74) is 1.73. The summed E-state index contributed by atoms with van der Waals surface area (Å²) in [6.45, 7) is 0.886. The highest BCUT2D eigenvalue weighted by Gasteiger charge is 2.45. The van der Waals surface area contributed by atoms with Crippen LogP contribution in [0.15, 0.2) is 36.4 Å². The first-order chi connectivity index (χ1) is 17.5. The standard InChI is InChI=1S/C25H30F2N3O6P/c1-29-22-7-5-19(26)14-20(22)23(31)15-25(29)8-10-30(11-9-25)24(32)28-16-17-4-6-21(27)18(13-17)3-2-12-36-37(33,34)35/h4-7,13-14H,2-3,8-12,15-16H2,1H3,(H,28,32)(H2,33,34,35). The van der Waals surface area contributed by atoms with Gasteiger partial charge >= 0.3 is 13.9 Å². The Hall–Kier alpha value is -2.85. The molecule has 2 aromatic carbocycles. The van der Waals surface area contributed by atoms with E-state index in [9.17, 15) is 22.9 Å². The molecule has 0 radical (unpaired) electrons. The lowest BCUT2D eigenvalue weighted by Gasteiger charge is -2.50. The predicted molar refractivity (Wildman–Crippen MR) is 132 cm³/mol. The third-order valence-corrected chi connectivity index (χ3v) is 7.73. The summed E-state index contributed by atoms with van der Waals surface area (Å²) in [6, 6.07) is 8.47. The van der Waals surface area contributed by atoms with Gasteiger partial charge in [0.1, 0.15) is 11.6 Å². The van der Waals surface area contributed by atoms with Gasteiger partial charge in [0.05, 0.1) is 12.1 Å². The van der Waals surface area contributed by atoms with E-state index in [2.05, 4.69) is 9.84 Å². The number of rotatable bonds is 7. The number of hydrogen-bond acceptors (Lipinski definition) is 5. The molecule has 0 unspecified atom stereocenters. The zero-order valence-electron chi connectivity index (χ0n) is 20.5. The van der Waals surface area contributed by atoms with Crippen LogP contribution in [0.5, 0.6) is 0 Å². The van der Waals surface area contributed by atoms with Gasteiger partial charge in [-0.05, 0) is 61.1 Å². The van der Waals surface area contributed by atoms with Crippen molar-refractivity contribution in [2.75, 3.05) is 31.6 Å². The number of piperidine rings is 1. The molecule has 1 saturated heterocycles. The third kappa shape index (κ3) is 6.35. The summed E-state index contributed by atoms with van der Waals surface area (Å²) in [7, 11) is -2.65. The van der Waals surface area contributed by atoms with Gasteiger partial charge in [-0.15, -0.1) is 0 Å². The molecule has 2 aromatic rings. The van der Waals surface area contributed by atoms with E-state index in [1.165, 1.54) is 18.2 Å². The minimum absolute atomic E-state index is 0.0917. The fourth-order valence-corrected chi connectivity index (χ4v) is 5.46. The van der Waals surface area contributed by atoms with Gasteiger partial charge in [-0.1, -0.05) is 12.1 Å². The molecule has 1 fully saturated rings. The van der Waals surface area contributed by atoms with Crippen LogP contribution in [0.2, 0.25) is 0 Å². The fraction of sp³-hybridized carbons (Fsp3) is 0.440. The molecule has 2 aliphatic heterocycles. The van der Waals surface area contributed by atoms with E-state index in [-0.39, 0.29) is 44.2 Å². The molecule has 0 atom stereocenters. The van der Waals surface area contributed by atoms with Crippen molar-refractivity contribution >= 4 is 25.3 Å². The van der Waals surface area contributed by atoms with E-state index in [1.807, 2.05) is 11.9 Å². The molecule has 0 bridgehead atoms. The number of likely N-dealkylation sites (tertiary alicyclic amines) is 1. The molecule has 37 heavy (non-hydrogen) atoms. The number of Topliss-reactive ketones (excluding diaryl/α,β-unsaturated/α-hetero) is 1. The third-order valence-electron chi connectivity index (χ3n) is 7.21. The van der Waals surface area contributed by atoms with E-state index in [0.29, 0.717) is 48.3 Å². The van der Waals surface area contributed by atoms with Crippen molar-refractivity contribution in [2.45, 2.75) is 44.2 Å². The monoisotopic (exact) mass is 537 g/mol. The van der Waals surface area contributed by atoms with Crippen LogP contribution in [0, 0.1) is 11.6 Å². The van der Waals surface area contributed by atoms with Gasteiger partial charge in [0, 0.05) is 44.4 Å². The van der Waals surface area contributed by atoms with Gasteiger partial charge in [-0.25, -0.2) is 18.1 Å². The summed E-state index contributed by atoms with van der Waals surface area (Å²) in [5, 5.41) is 2.85. The lowest BCUT2D eigenvalue weighted by molar-refractivity contribution is 0.0890. The van der Waals surface area contributed by atoms with Crippen molar-refractivity contribution in [3.8, 4) is 0 Å². The Morgan fingerprint density at radius 3 is 2.59 bits per heavy atom. The van der Waals surface area contributed by atoms with Crippen LogP contribution in [-0.2, 0) is 22.1 Å². The Labute approximate surface area is 213 Å². The number of carbonyl (C=O) groups is 2. The van der Waals surface area contributed by atoms with Crippen LogP contribution >= 0.6 is 7.82 Å². The number of anilines is 1. The lowest BCUT2D eigenvalue weighted by Crippen LogP contribution is -2.59. The summed E-state index contributed by atoms with van der Waals surface area (Å²) in [6.07, 6.45) is 1.91. The van der Waals surface area contributed by atoms with E-state index in [1.54, 1.807) is 23.1 Å². The van der Waals surface area contributed by atoms with Gasteiger partial charge in [0.2, 0.25) is 0 Å². The van der Waals surface area contributed by atoms with Gasteiger partial charge in [-0.2, -0.15) is 0 Å². The number of nitrogens with zero attached hydrogens (tertiary/aromatic N) is 2. The molecule has 0 aromatic heterocycles. The quantitative estimate of drug-likeness (QED) is 0.363. The van der Waals surface area contributed by atoms with Crippen LogP contribution in [0.1, 0.15) is 47.2 Å². The summed E-state index contributed by atoms with van der Waals surface area (Å²) in [5.74, 6) is -0.973. The van der Waals surface area contributed by atoms with Crippen LogP contribution in [0.3, 0.4) is 0 Å². The minimum atomic E-state index is -4.56. The topological polar surface area (TPSA) is 119 Å². The second-order valence-electron chi connectivity index (χ2n) is 9.54. The number of amides is 2. The highest BCUT2D eigenvalue weighted by Crippen LogP contribution is 2.42. The first-order valence-electron chi connectivity index (χ1n) is 12.0. The maximum atomic E-state index is 14.1. The number of fused-ring (bicyclic) bond motifs is 1. The maximum Gasteiger partial charge on any atom is 0.469 e.